The largest absolute Gasteiger partial charge is 0.507 e. The number of benzene rings is 1. The summed E-state index contributed by atoms with van der Waals surface area (Å²) in [4.78, 5) is 13.5. The molecule has 0 aliphatic heterocycles. The molecule has 0 atom stereocenters. The molecule has 0 fully saturated rings. The lowest BCUT2D eigenvalue weighted by Gasteiger charge is -2.20. The second-order valence-corrected chi connectivity index (χ2v) is 4.59. The molecule has 0 aliphatic carbocycles. The number of carbonyl (C=O) groups is 1. The van der Waals surface area contributed by atoms with Gasteiger partial charge in [0.05, 0.1) is 10.2 Å². The maximum absolute atomic E-state index is 12.0. The van der Waals surface area contributed by atoms with Crippen molar-refractivity contribution in [3.05, 3.63) is 40.0 Å². The molecule has 1 rings (SSSR count). The fourth-order valence-corrected chi connectivity index (χ4v) is 1.72. The van der Waals surface area contributed by atoms with Crippen LogP contribution in [0.25, 0.3) is 0 Å². The topological polar surface area (TPSA) is 60.8 Å². The fraction of sp³-hybridized carbons (Fsp3) is 0.250. The molecule has 0 saturated heterocycles. The van der Waals surface area contributed by atoms with E-state index in [1.807, 2.05) is 22.6 Å². The molecule has 2 N–H and O–H groups in total. The number of aliphatic hydroxyl groups excluding tert-OH is 1. The van der Waals surface area contributed by atoms with Gasteiger partial charge in [0.2, 0.25) is 0 Å². The molecule has 0 aromatic heterocycles. The van der Waals surface area contributed by atoms with Crippen LogP contribution >= 0.6 is 22.6 Å². The summed E-state index contributed by atoms with van der Waals surface area (Å²) >= 11 is 1.98. The molecule has 92 valence electrons. The zero-order chi connectivity index (χ0) is 12.8. The zero-order valence-corrected chi connectivity index (χ0v) is 11.4. The lowest BCUT2D eigenvalue weighted by molar-refractivity contribution is 0.0742. The van der Waals surface area contributed by atoms with Crippen LogP contribution in [0.2, 0.25) is 0 Å². The molecule has 4 nitrogen and oxygen atoms in total. The first-order chi connectivity index (χ1) is 8.10. The maximum atomic E-state index is 12.0. The zero-order valence-electron chi connectivity index (χ0n) is 9.27. The molecule has 1 amide bonds. The summed E-state index contributed by atoms with van der Waals surface area (Å²) in [5.41, 5.74) is 0.401. The molecular formula is C12H14INO3. The highest BCUT2D eigenvalue weighted by Gasteiger charge is 2.15. The highest BCUT2D eigenvalue weighted by molar-refractivity contribution is 14.1. The van der Waals surface area contributed by atoms with Gasteiger partial charge >= 0.3 is 0 Å². The summed E-state index contributed by atoms with van der Waals surface area (Å²) in [5.74, 6) is -0.148. The maximum Gasteiger partial charge on any atom is 0.254 e. The van der Waals surface area contributed by atoms with Crippen molar-refractivity contribution < 1.29 is 15.0 Å². The predicted molar refractivity (Wildman–Crippen MR) is 74.0 cm³/mol. The van der Waals surface area contributed by atoms with Crippen LogP contribution in [0.1, 0.15) is 10.4 Å². The van der Waals surface area contributed by atoms with Crippen molar-refractivity contribution in [1.29, 1.82) is 0 Å². The lowest BCUT2D eigenvalue weighted by Crippen LogP contribution is -2.33. The van der Waals surface area contributed by atoms with Crippen molar-refractivity contribution in [2.24, 2.45) is 0 Å². The van der Waals surface area contributed by atoms with Gasteiger partial charge in [-0.3, -0.25) is 4.79 Å². The SMILES string of the molecule is C=CCN(CCO)C(=O)c1ccc(I)c(O)c1. The van der Waals surface area contributed by atoms with Gasteiger partial charge < -0.3 is 15.1 Å². The van der Waals surface area contributed by atoms with Gasteiger partial charge in [0.15, 0.2) is 0 Å². The van der Waals surface area contributed by atoms with Crippen molar-refractivity contribution >= 4 is 28.5 Å². The number of hydrogen-bond donors (Lipinski definition) is 2. The summed E-state index contributed by atoms with van der Waals surface area (Å²) in [7, 11) is 0. The van der Waals surface area contributed by atoms with Gasteiger partial charge in [0.25, 0.3) is 5.91 Å². The van der Waals surface area contributed by atoms with Crippen molar-refractivity contribution in [3.63, 3.8) is 0 Å². The number of amides is 1. The van der Waals surface area contributed by atoms with Crippen molar-refractivity contribution in [3.8, 4) is 5.75 Å². The van der Waals surface area contributed by atoms with Gasteiger partial charge in [-0.15, -0.1) is 6.58 Å². The monoisotopic (exact) mass is 347 g/mol. The van der Waals surface area contributed by atoms with Crippen LogP contribution in [-0.4, -0.2) is 40.7 Å². The minimum atomic E-state index is -0.231. The second kappa shape index (κ2) is 6.61. The molecule has 0 aliphatic rings. The Kier molecular flexibility index (Phi) is 5.43. The Balaban J connectivity index is 2.92. The van der Waals surface area contributed by atoms with E-state index in [0.29, 0.717) is 15.7 Å². The van der Waals surface area contributed by atoms with Crippen LogP contribution in [0.5, 0.6) is 5.75 Å². The van der Waals surface area contributed by atoms with E-state index in [1.54, 1.807) is 18.2 Å². The predicted octanol–water partition coefficient (Wildman–Crippen LogP) is 1.62. The van der Waals surface area contributed by atoms with Gasteiger partial charge in [0.1, 0.15) is 5.75 Å². The minimum absolute atomic E-state index is 0.0824. The number of aromatic hydroxyl groups is 1. The van der Waals surface area contributed by atoms with E-state index in [4.69, 9.17) is 5.11 Å². The minimum Gasteiger partial charge on any atom is -0.507 e. The number of hydrogen-bond acceptors (Lipinski definition) is 3. The number of rotatable bonds is 5. The lowest BCUT2D eigenvalue weighted by atomic mass is 10.2. The van der Waals surface area contributed by atoms with E-state index >= 15 is 0 Å². The molecule has 1 aromatic rings. The number of nitrogens with zero attached hydrogens (tertiary/aromatic N) is 1. The molecule has 0 unspecified atom stereocenters. The van der Waals surface area contributed by atoms with E-state index < -0.39 is 0 Å². The Bertz CT molecular complexity index is 420. The van der Waals surface area contributed by atoms with Gasteiger partial charge in [-0.25, -0.2) is 0 Å². The average molecular weight is 347 g/mol. The standard InChI is InChI=1S/C12H14INO3/c1-2-5-14(6-7-15)12(17)9-3-4-10(13)11(16)8-9/h2-4,8,15-16H,1,5-7H2. The van der Waals surface area contributed by atoms with E-state index in [0.717, 1.165) is 0 Å². The molecule has 0 saturated carbocycles. The van der Waals surface area contributed by atoms with Crippen LogP contribution in [0.4, 0.5) is 0 Å². The third-order valence-corrected chi connectivity index (χ3v) is 3.11. The average Bonchev–Trinajstić information content (AvgIpc) is 2.31. The van der Waals surface area contributed by atoms with Crippen molar-refractivity contribution in [2.45, 2.75) is 0 Å². The first kappa shape index (κ1) is 14.0. The Labute approximate surface area is 114 Å². The molecule has 17 heavy (non-hydrogen) atoms. The Morgan fingerprint density at radius 3 is 2.76 bits per heavy atom. The second-order valence-electron chi connectivity index (χ2n) is 3.43. The summed E-state index contributed by atoms with van der Waals surface area (Å²) in [6.45, 7) is 4.08. The Morgan fingerprint density at radius 1 is 1.53 bits per heavy atom. The van der Waals surface area contributed by atoms with Crippen LogP contribution in [0, 0.1) is 3.57 Å². The molecule has 0 bridgehead atoms. The Morgan fingerprint density at radius 2 is 2.24 bits per heavy atom. The first-order valence-corrected chi connectivity index (χ1v) is 6.17. The normalized spacial score (nSPS) is 10.0. The van der Waals surface area contributed by atoms with E-state index in [-0.39, 0.29) is 24.8 Å². The van der Waals surface area contributed by atoms with E-state index in [1.165, 1.54) is 11.0 Å². The molecule has 0 heterocycles. The van der Waals surface area contributed by atoms with Gasteiger partial charge in [-0.05, 0) is 40.8 Å². The summed E-state index contributed by atoms with van der Waals surface area (Å²) < 4.78 is 0.691. The van der Waals surface area contributed by atoms with E-state index in [9.17, 15) is 9.90 Å². The highest BCUT2D eigenvalue weighted by Crippen LogP contribution is 2.21. The van der Waals surface area contributed by atoms with Crippen molar-refractivity contribution in [1.82, 2.24) is 4.90 Å². The smallest absolute Gasteiger partial charge is 0.254 e. The van der Waals surface area contributed by atoms with Gasteiger partial charge in [0, 0.05) is 18.7 Å². The number of phenolic OH excluding ortho intramolecular Hbond substituents is 1. The quantitative estimate of drug-likeness (QED) is 0.629. The van der Waals surface area contributed by atoms with Crippen LogP contribution in [-0.2, 0) is 0 Å². The number of carbonyl (C=O) groups excluding carboxylic acids is 1. The van der Waals surface area contributed by atoms with E-state index in [2.05, 4.69) is 6.58 Å². The fourth-order valence-electron chi connectivity index (χ4n) is 1.38. The van der Waals surface area contributed by atoms with Crippen LogP contribution in [0.15, 0.2) is 30.9 Å². The highest BCUT2D eigenvalue weighted by atomic mass is 127. The summed E-state index contributed by atoms with van der Waals surface area (Å²) in [5, 5.41) is 18.4. The molecule has 5 heteroatoms. The first-order valence-electron chi connectivity index (χ1n) is 5.09. The Hall–Kier alpha value is -1.08. The molecule has 0 spiro atoms. The van der Waals surface area contributed by atoms with Gasteiger partial charge in [-0.1, -0.05) is 6.08 Å². The molecular weight excluding hydrogens is 333 g/mol. The third kappa shape index (κ3) is 3.71. The summed E-state index contributed by atoms with van der Waals surface area (Å²) in [6.07, 6.45) is 1.60. The third-order valence-electron chi connectivity index (χ3n) is 2.20. The molecule has 1 aromatic carbocycles. The number of phenols is 1. The van der Waals surface area contributed by atoms with Crippen molar-refractivity contribution in [2.75, 3.05) is 19.7 Å². The van der Waals surface area contributed by atoms with Crippen LogP contribution in [0.3, 0.4) is 0 Å². The summed E-state index contributed by atoms with van der Waals surface area (Å²) in [6, 6.07) is 4.75. The van der Waals surface area contributed by atoms with Crippen LogP contribution < -0.4 is 0 Å². The number of aliphatic hydroxyl groups is 1. The number of halogens is 1. The van der Waals surface area contributed by atoms with Gasteiger partial charge in [-0.2, -0.15) is 0 Å². The molecule has 0 radical (unpaired) electrons.